The molecule has 118 valence electrons. The van der Waals surface area contributed by atoms with Crippen LogP contribution in [0, 0.1) is 0 Å². The largest absolute Gasteiger partial charge is 0.353 e. The fourth-order valence-corrected chi connectivity index (χ4v) is 2.62. The van der Waals surface area contributed by atoms with Gasteiger partial charge in [0.15, 0.2) is 0 Å². The molecule has 5 nitrogen and oxygen atoms in total. The van der Waals surface area contributed by atoms with E-state index in [2.05, 4.69) is 5.32 Å². The van der Waals surface area contributed by atoms with E-state index in [1.807, 2.05) is 44.2 Å². The second-order valence-electron chi connectivity index (χ2n) is 5.21. The van der Waals surface area contributed by atoms with Crippen LogP contribution in [-0.2, 0) is 21.2 Å². The van der Waals surface area contributed by atoms with Gasteiger partial charge in [0.2, 0.25) is 15.9 Å². The van der Waals surface area contributed by atoms with E-state index in [-0.39, 0.29) is 18.5 Å². The third-order valence-corrected chi connectivity index (χ3v) is 4.55. The van der Waals surface area contributed by atoms with Crippen molar-refractivity contribution in [1.29, 1.82) is 0 Å². The Labute approximate surface area is 127 Å². The van der Waals surface area contributed by atoms with Crippen molar-refractivity contribution in [3.63, 3.8) is 0 Å². The highest BCUT2D eigenvalue weighted by molar-refractivity contribution is 7.88. The Morgan fingerprint density at radius 1 is 1.29 bits per heavy atom. The maximum absolute atomic E-state index is 11.9. The van der Waals surface area contributed by atoms with Gasteiger partial charge in [-0.1, -0.05) is 37.3 Å². The van der Waals surface area contributed by atoms with Crippen molar-refractivity contribution in [2.75, 3.05) is 19.3 Å². The normalized spacial score (nSPS) is 13.1. The van der Waals surface area contributed by atoms with Gasteiger partial charge in [0.1, 0.15) is 0 Å². The van der Waals surface area contributed by atoms with Crippen LogP contribution in [-0.4, -0.2) is 44.0 Å². The quantitative estimate of drug-likeness (QED) is 0.789. The summed E-state index contributed by atoms with van der Waals surface area (Å²) in [4.78, 5) is 11.9. The number of amides is 1. The molecule has 0 fully saturated rings. The molecule has 0 radical (unpaired) electrons. The molecule has 6 heteroatoms. The Morgan fingerprint density at radius 3 is 2.43 bits per heavy atom. The number of rotatable bonds is 8. The predicted octanol–water partition coefficient (Wildman–Crippen LogP) is 1.41. The predicted molar refractivity (Wildman–Crippen MR) is 84.5 cm³/mol. The van der Waals surface area contributed by atoms with Gasteiger partial charge in [0, 0.05) is 12.6 Å². The van der Waals surface area contributed by atoms with Crippen LogP contribution in [0.15, 0.2) is 30.3 Å². The van der Waals surface area contributed by atoms with Crippen molar-refractivity contribution in [3.8, 4) is 0 Å². The fraction of sp³-hybridized carbons (Fsp3) is 0.533. The number of nitrogens with one attached hydrogen (secondary N) is 1. The number of benzene rings is 1. The standard InChI is InChI=1S/C15H24N2O3S/c1-4-13(2)16-15(18)12-17(21(3,19)20)11-10-14-8-6-5-7-9-14/h5-9,13H,4,10-12H2,1-3H3,(H,16,18)/t13-/m0/s1. The summed E-state index contributed by atoms with van der Waals surface area (Å²) in [6.45, 7) is 4.04. The molecule has 1 N–H and O–H groups in total. The van der Waals surface area contributed by atoms with Crippen LogP contribution in [0.4, 0.5) is 0 Å². The molecule has 0 spiro atoms. The second kappa shape index (κ2) is 8.14. The topological polar surface area (TPSA) is 66.5 Å². The molecule has 0 aliphatic carbocycles. The molecule has 0 aliphatic rings. The van der Waals surface area contributed by atoms with Crippen LogP contribution in [0.25, 0.3) is 0 Å². The van der Waals surface area contributed by atoms with E-state index in [0.29, 0.717) is 13.0 Å². The van der Waals surface area contributed by atoms with E-state index < -0.39 is 10.0 Å². The van der Waals surface area contributed by atoms with Gasteiger partial charge in [0.05, 0.1) is 12.8 Å². The van der Waals surface area contributed by atoms with Crippen molar-refractivity contribution in [1.82, 2.24) is 9.62 Å². The van der Waals surface area contributed by atoms with Crippen LogP contribution in [0.3, 0.4) is 0 Å². The monoisotopic (exact) mass is 312 g/mol. The summed E-state index contributed by atoms with van der Waals surface area (Å²) < 4.78 is 24.8. The Bertz CT molecular complexity index is 543. The zero-order chi connectivity index (χ0) is 15.9. The Kier molecular flexibility index (Phi) is 6.84. The first-order chi connectivity index (χ1) is 9.82. The molecular formula is C15H24N2O3S. The van der Waals surface area contributed by atoms with Crippen LogP contribution in [0.5, 0.6) is 0 Å². The highest BCUT2D eigenvalue weighted by Gasteiger charge is 2.20. The molecule has 0 saturated heterocycles. The van der Waals surface area contributed by atoms with E-state index in [9.17, 15) is 13.2 Å². The molecule has 0 heterocycles. The van der Waals surface area contributed by atoms with Gasteiger partial charge in [-0.15, -0.1) is 0 Å². The highest BCUT2D eigenvalue weighted by Crippen LogP contribution is 2.04. The summed E-state index contributed by atoms with van der Waals surface area (Å²) in [5.74, 6) is -0.261. The summed E-state index contributed by atoms with van der Waals surface area (Å²) in [5, 5.41) is 2.79. The van der Waals surface area contributed by atoms with Crippen molar-refractivity contribution in [3.05, 3.63) is 35.9 Å². The van der Waals surface area contributed by atoms with Gasteiger partial charge < -0.3 is 5.32 Å². The van der Waals surface area contributed by atoms with Crippen molar-refractivity contribution in [2.24, 2.45) is 0 Å². The van der Waals surface area contributed by atoms with Crippen LogP contribution < -0.4 is 5.32 Å². The first-order valence-corrected chi connectivity index (χ1v) is 8.96. The van der Waals surface area contributed by atoms with Crippen molar-refractivity contribution >= 4 is 15.9 Å². The van der Waals surface area contributed by atoms with Gasteiger partial charge in [-0.3, -0.25) is 4.79 Å². The number of nitrogens with zero attached hydrogens (tertiary/aromatic N) is 1. The van der Waals surface area contributed by atoms with Gasteiger partial charge in [-0.2, -0.15) is 4.31 Å². The maximum Gasteiger partial charge on any atom is 0.235 e. The van der Waals surface area contributed by atoms with E-state index in [1.54, 1.807) is 0 Å². The third kappa shape index (κ3) is 6.73. The number of carbonyl (C=O) groups excluding carboxylic acids is 1. The van der Waals surface area contributed by atoms with Gasteiger partial charge >= 0.3 is 0 Å². The fourth-order valence-electron chi connectivity index (χ4n) is 1.84. The maximum atomic E-state index is 11.9. The second-order valence-corrected chi connectivity index (χ2v) is 7.19. The Hall–Kier alpha value is -1.40. The van der Waals surface area contributed by atoms with Crippen LogP contribution >= 0.6 is 0 Å². The smallest absolute Gasteiger partial charge is 0.235 e. The van der Waals surface area contributed by atoms with Crippen molar-refractivity contribution in [2.45, 2.75) is 32.7 Å². The lowest BCUT2D eigenvalue weighted by molar-refractivity contribution is -0.121. The summed E-state index contributed by atoms with van der Waals surface area (Å²) in [6, 6.07) is 9.68. The molecular weight excluding hydrogens is 288 g/mol. The molecule has 0 unspecified atom stereocenters. The number of sulfonamides is 1. The molecule has 1 aromatic rings. The number of hydrogen-bond acceptors (Lipinski definition) is 3. The molecule has 21 heavy (non-hydrogen) atoms. The van der Waals surface area contributed by atoms with Crippen molar-refractivity contribution < 1.29 is 13.2 Å². The van der Waals surface area contributed by atoms with Crippen LogP contribution in [0.1, 0.15) is 25.8 Å². The summed E-state index contributed by atoms with van der Waals surface area (Å²) in [6.07, 6.45) is 2.54. The first kappa shape index (κ1) is 17.7. The summed E-state index contributed by atoms with van der Waals surface area (Å²) in [7, 11) is -3.40. The lowest BCUT2D eigenvalue weighted by Crippen LogP contribution is -2.43. The highest BCUT2D eigenvalue weighted by atomic mass is 32.2. The molecule has 0 aliphatic heterocycles. The Morgan fingerprint density at radius 2 is 1.90 bits per heavy atom. The van der Waals surface area contributed by atoms with Gasteiger partial charge in [0.25, 0.3) is 0 Å². The van der Waals surface area contributed by atoms with E-state index >= 15 is 0 Å². The van der Waals surface area contributed by atoms with Gasteiger partial charge in [-0.25, -0.2) is 8.42 Å². The molecule has 1 atom stereocenters. The number of hydrogen-bond donors (Lipinski definition) is 1. The summed E-state index contributed by atoms with van der Waals surface area (Å²) >= 11 is 0. The van der Waals surface area contributed by atoms with Gasteiger partial charge in [-0.05, 0) is 25.3 Å². The molecule has 0 bridgehead atoms. The minimum atomic E-state index is -3.40. The zero-order valence-corrected chi connectivity index (χ0v) is 13.7. The SMILES string of the molecule is CC[C@H](C)NC(=O)CN(CCc1ccccc1)S(C)(=O)=O. The van der Waals surface area contributed by atoms with Crippen LogP contribution in [0.2, 0.25) is 0 Å². The molecule has 0 saturated carbocycles. The lowest BCUT2D eigenvalue weighted by atomic mass is 10.1. The number of carbonyl (C=O) groups is 1. The molecule has 0 aromatic heterocycles. The lowest BCUT2D eigenvalue weighted by Gasteiger charge is -2.20. The minimum Gasteiger partial charge on any atom is -0.353 e. The van der Waals surface area contributed by atoms with E-state index in [0.717, 1.165) is 18.2 Å². The third-order valence-electron chi connectivity index (χ3n) is 3.30. The summed E-state index contributed by atoms with van der Waals surface area (Å²) in [5.41, 5.74) is 1.05. The minimum absolute atomic E-state index is 0.0491. The molecule has 1 amide bonds. The first-order valence-electron chi connectivity index (χ1n) is 7.11. The van der Waals surface area contributed by atoms with E-state index in [4.69, 9.17) is 0 Å². The molecule has 1 rings (SSSR count). The average molecular weight is 312 g/mol. The average Bonchev–Trinajstić information content (AvgIpc) is 2.43. The molecule has 1 aromatic carbocycles. The zero-order valence-electron chi connectivity index (χ0n) is 12.9. The Balaban J connectivity index is 2.63. The van der Waals surface area contributed by atoms with E-state index in [1.165, 1.54) is 4.31 Å².